The van der Waals surface area contributed by atoms with Crippen LogP contribution in [-0.2, 0) is 10.5 Å². The number of thioether (sulfide) groups is 1. The van der Waals surface area contributed by atoms with Gasteiger partial charge in [0.05, 0.1) is 0 Å². The standard InChI is InChI=1S/C12H14ClNO2S/c1-3-14(9(2)15)12(16)17-8-10-4-6-11(13)7-5-10/h4-7H,3,8H2,1-2H3. The van der Waals surface area contributed by atoms with E-state index in [4.69, 9.17) is 11.6 Å². The lowest BCUT2D eigenvalue weighted by atomic mass is 10.2. The van der Waals surface area contributed by atoms with Crippen molar-refractivity contribution in [3.8, 4) is 0 Å². The molecule has 0 radical (unpaired) electrons. The fourth-order valence-electron chi connectivity index (χ4n) is 1.28. The summed E-state index contributed by atoms with van der Waals surface area (Å²) in [5, 5.41) is 0.457. The first kappa shape index (κ1) is 14.1. The number of halogens is 1. The molecule has 0 bridgehead atoms. The van der Waals surface area contributed by atoms with Crippen molar-refractivity contribution in [2.45, 2.75) is 19.6 Å². The lowest BCUT2D eigenvalue weighted by Crippen LogP contribution is -2.31. The van der Waals surface area contributed by atoms with Crippen molar-refractivity contribution >= 4 is 34.5 Å². The molecule has 0 atom stereocenters. The van der Waals surface area contributed by atoms with Crippen molar-refractivity contribution in [3.63, 3.8) is 0 Å². The van der Waals surface area contributed by atoms with Gasteiger partial charge in [-0.1, -0.05) is 35.5 Å². The van der Waals surface area contributed by atoms with E-state index in [1.54, 1.807) is 19.1 Å². The topological polar surface area (TPSA) is 37.4 Å². The molecule has 1 aromatic rings. The fourth-order valence-corrected chi connectivity index (χ4v) is 2.31. The molecule has 5 heteroatoms. The maximum atomic E-state index is 11.7. The predicted octanol–water partition coefficient (Wildman–Crippen LogP) is 3.56. The maximum absolute atomic E-state index is 11.7. The number of nitrogens with zero attached hydrogens (tertiary/aromatic N) is 1. The van der Waals surface area contributed by atoms with Crippen LogP contribution in [-0.4, -0.2) is 22.6 Å². The predicted molar refractivity (Wildman–Crippen MR) is 71.2 cm³/mol. The van der Waals surface area contributed by atoms with Gasteiger partial charge in [-0.3, -0.25) is 14.5 Å². The number of carbonyl (C=O) groups excluding carboxylic acids is 2. The number of hydrogen-bond acceptors (Lipinski definition) is 3. The average Bonchev–Trinajstić information content (AvgIpc) is 2.28. The summed E-state index contributed by atoms with van der Waals surface area (Å²) in [6, 6.07) is 7.30. The third-order valence-corrected chi connectivity index (χ3v) is 3.39. The molecule has 0 fully saturated rings. The van der Waals surface area contributed by atoms with Crippen molar-refractivity contribution in [3.05, 3.63) is 34.9 Å². The molecule has 0 aliphatic heterocycles. The van der Waals surface area contributed by atoms with E-state index in [0.717, 1.165) is 17.3 Å². The third kappa shape index (κ3) is 4.40. The highest BCUT2D eigenvalue weighted by Gasteiger charge is 2.15. The number of benzene rings is 1. The first-order valence-corrected chi connectivity index (χ1v) is 6.60. The fraction of sp³-hybridized carbons (Fsp3) is 0.333. The summed E-state index contributed by atoms with van der Waals surface area (Å²) in [4.78, 5) is 24.1. The molecule has 0 aliphatic rings. The highest BCUT2D eigenvalue weighted by Crippen LogP contribution is 2.18. The zero-order valence-electron chi connectivity index (χ0n) is 9.77. The number of amides is 2. The third-order valence-electron chi connectivity index (χ3n) is 2.19. The molecule has 0 unspecified atom stereocenters. The molecular formula is C12H14ClNO2S. The first-order chi connectivity index (χ1) is 8.04. The van der Waals surface area contributed by atoms with Crippen LogP contribution in [0.1, 0.15) is 19.4 Å². The molecule has 0 heterocycles. The lowest BCUT2D eigenvalue weighted by molar-refractivity contribution is -0.125. The van der Waals surface area contributed by atoms with Gasteiger partial charge in [0.2, 0.25) is 5.91 Å². The van der Waals surface area contributed by atoms with Crippen LogP contribution in [0.4, 0.5) is 4.79 Å². The minimum atomic E-state index is -0.221. The molecule has 0 spiro atoms. The maximum Gasteiger partial charge on any atom is 0.288 e. The van der Waals surface area contributed by atoms with Crippen molar-refractivity contribution in [2.75, 3.05) is 6.54 Å². The van der Waals surface area contributed by atoms with Gasteiger partial charge >= 0.3 is 0 Å². The number of carbonyl (C=O) groups is 2. The Morgan fingerprint density at radius 2 is 1.88 bits per heavy atom. The van der Waals surface area contributed by atoms with Gasteiger partial charge in [-0.05, 0) is 24.6 Å². The van der Waals surface area contributed by atoms with Gasteiger partial charge < -0.3 is 0 Å². The molecule has 0 saturated heterocycles. The van der Waals surface area contributed by atoms with Crippen LogP contribution in [0, 0.1) is 0 Å². The van der Waals surface area contributed by atoms with Gasteiger partial charge in [-0.15, -0.1) is 0 Å². The van der Waals surface area contributed by atoms with Crippen LogP contribution in [0.25, 0.3) is 0 Å². The number of rotatable bonds is 3. The van der Waals surface area contributed by atoms with Gasteiger partial charge in [0.25, 0.3) is 5.24 Å². The van der Waals surface area contributed by atoms with Crippen LogP contribution < -0.4 is 0 Å². The Kier molecular flexibility index (Phi) is 5.51. The van der Waals surface area contributed by atoms with Gasteiger partial charge in [-0.2, -0.15) is 0 Å². The molecule has 3 nitrogen and oxygen atoms in total. The molecule has 0 saturated carbocycles. The summed E-state index contributed by atoms with van der Waals surface area (Å²) in [5.74, 6) is 0.320. The smallest absolute Gasteiger partial charge is 0.275 e. The van der Waals surface area contributed by atoms with Gasteiger partial charge in [0.15, 0.2) is 0 Å². The lowest BCUT2D eigenvalue weighted by Gasteiger charge is -2.15. The molecular weight excluding hydrogens is 258 g/mol. The van der Waals surface area contributed by atoms with Gasteiger partial charge in [-0.25, -0.2) is 0 Å². The Hall–Kier alpha value is -1.00. The Balaban J connectivity index is 2.53. The second-order valence-electron chi connectivity index (χ2n) is 3.44. The molecule has 2 amide bonds. The summed E-state index contributed by atoms with van der Waals surface area (Å²) in [7, 11) is 0. The van der Waals surface area contributed by atoms with E-state index in [0.29, 0.717) is 17.3 Å². The largest absolute Gasteiger partial charge is 0.288 e. The van der Waals surface area contributed by atoms with E-state index in [2.05, 4.69) is 0 Å². The zero-order chi connectivity index (χ0) is 12.8. The van der Waals surface area contributed by atoms with Crippen LogP contribution in [0.15, 0.2) is 24.3 Å². The van der Waals surface area contributed by atoms with Crippen molar-refractivity contribution in [1.82, 2.24) is 4.90 Å². The molecule has 92 valence electrons. The van der Waals surface area contributed by atoms with Crippen LogP contribution in [0.3, 0.4) is 0 Å². The Morgan fingerprint density at radius 3 is 2.35 bits per heavy atom. The van der Waals surface area contributed by atoms with Crippen LogP contribution in [0.5, 0.6) is 0 Å². The highest BCUT2D eigenvalue weighted by atomic mass is 35.5. The monoisotopic (exact) mass is 271 g/mol. The molecule has 1 rings (SSSR count). The number of imide groups is 1. The average molecular weight is 272 g/mol. The van der Waals surface area contributed by atoms with E-state index >= 15 is 0 Å². The summed E-state index contributed by atoms with van der Waals surface area (Å²) in [6.45, 7) is 3.58. The molecule has 1 aromatic carbocycles. The number of hydrogen-bond donors (Lipinski definition) is 0. The second-order valence-corrected chi connectivity index (χ2v) is 4.81. The van der Waals surface area contributed by atoms with Crippen molar-refractivity contribution in [2.24, 2.45) is 0 Å². The summed E-state index contributed by atoms with van der Waals surface area (Å²) in [6.07, 6.45) is 0. The van der Waals surface area contributed by atoms with E-state index < -0.39 is 0 Å². The quantitative estimate of drug-likeness (QED) is 0.843. The minimum absolute atomic E-state index is 0.213. The zero-order valence-corrected chi connectivity index (χ0v) is 11.3. The highest BCUT2D eigenvalue weighted by molar-refractivity contribution is 8.12. The van der Waals surface area contributed by atoms with E-state index in [1.165, 1.54) is 11.8 Å². The van der Waals surface area contributed by atoms with Gasteiger partial charge in [0, 0.05) is 24.2 Å². The normalized spacial score (nSPS) is 10.1. The summed E-state index contributed by atoms with van der Waals surface area (Å²) >= 11 is 6.88. The SMILES string of the molecule is CCN(C(C)=O)C(=O)SCc1ccc(Cl)cc1. The Morgan fingerprint density at radius 1 is 1.29 bits per heavy atom. The molecule has 0 aliphatic carbocycles. The summed E-state index contributed by atoms with van der Waals surface area (Å²) in [5.41, 5.74) is 1.01. The molecule has 0 N–H and O–H groups in total. The van der Waals surface area contributed by atoms with Crippen LogP contribution in [0.2, 0.25) is 5.02 Å². The Bertz CT molecular complexity index is 405. The summed E-state index contributed by atoms with van der Waals surface area (Å²) < 4.78 is 0. The van der Waals surface area contributed by atoms with Crippen molar-refractivity contribution < 1.29 is 9.59 Å². The van der Waals surface area contributed by atoms with E-state index in [1.807, 2.05) is 12.1 Å². The first-order valence-electron chi connectivity index (χ1n) is 5.24. The van der Waals surface area contributed by atoms with E-state index in [-0.39, 0.29) is 11.1 Å². The van der Waals surface area contributed by atoms with Crippen LogP contribution >= 0.6 is 23.4 Å². The second kappa shape index (κ2) is 6.67. The van der Waals surface area contributed by atoms with E-state index in [9.17, 15) is 9.59 Å². The van der Waals surface area contributed by atoms with Crippen molar-refractivity contribution in [1.29, 1.82) is 0 Å². The minimum Gasteiger partial charge on any atom is -0.275 e. The molecule has 0 aromatic heterocycles. The molecule has 17 heavy (non-hydrogen) atoms. The van der Waals surface area contributed by atoms with Gasteiger partial charge in [0.1, 0.15) is 0 Å². The Labute approximate surface area is 110 Å².